The normalized spacial score (nSPS) is 27.5. The summed E-state index contributed by atoms with van der Waals surface area (Å²) in [5, 5.41) is 9.29. The molecule has 2 heterocycles. The monoisotopic (exact) mass is 648 g/mol. The Morgan fingerprint density at radius 3 is 2.30 bits per heavy atom. The fourth-order valence-corrected chi connectivity index (χ4v) is 9.03. The summed E-state index contributed by atoms with van der Waals surface area (Å²) in [5.74, 6) is -2.20. The van der Waals surface area contributed by atoms with E-state index in [4.69, 9.17) is 5.73 Å². The number of piperidine rings is 1. The van der Waals surface area contributed by atoms with Crippen molar-refractivity contribution < 1.29 is 24.0 Å². The number of Topliss-reactive ketones (excluding diaryl/α,β-unsaturated/α-hetero) is 1. The van der Waals surface area contributed by atoms with E-state index in [1.807, 2.05) is 18.2 Å². The van der Waals surface area contributed by atoms with Crippen LogP contribution >= 0.6 is 0 Å². The summed E-state index contributed by atoms with van der Waals surface area (Å²) in [4.78, 5) is 73.2. The zero-order valence-electron chi connectivity index (χ0n) is 28.0. The molecule has 5 N–H and O–H groups in total. The van der Waals surface area contributed by atoms with Crippen LogP contribution in [0.25, 0.3) is 0 Å². The van der Waals surface area contributed by atoms with Gasteiger partial charge in [0.05, 0.1) is 6.04 Å². The third-order valence-electron chi connectivity index (χ3n) is 12.0. The van der Waals surface area contributed by atoms with Crippen LogP contribution in [-0.2, 0) is 25.6 Å². The van der Waals surface area contributed by atoms with Gasteiger partial charge in [-0.3, -0.25) is 24.2 Å². The number of rotatable bonds is 12. The van der Waals surface area contributed by atoms with Gasteiger partial charge < -0.3 is 26.6 Å². The van der Waals surface area contributed by atoms with Crippen molar-refractivity contribution in [2.45, 2.75) is 127 Å². The maximum atomic E-state index is 14.6. The van der Waals surface area contributed by atoms with Gasteiger partial charge in [-0.25, -0.2) is 4.79 Å². The number of ketones is 1. The Morgan fingerprint density at radius 1 is 0.957 bits per heavy atom. The molecule has 6 rings (SSSR count). The molecule has 0 aromatic carbocycles. The molecule has 1 aliphatic heterocycles. The molecule has 47 heavy (non-hydrogen) atoms. The lowest BCUT2D eigenvalue weighted by molar-refractivity contribution is -0.144. The molecule has 5 aliphatic rings. The molecule has 1 aromatic rings. The Labute approximate surface area is 277 Å². The van der Waals surface area contributed by atoms with Crippen molar-refractivity contribution in [1.82, 2.24) is 25.8 Å². The smallest absolute Gasteiger partial charge is 0.315 e. The molecule has 5 atom stereocenters. The first kappa shape index (κ1) is 33.4. The lowest BCUT2D eigenvalue weighted by Gasteiger charge is -2.40. The molecule has 0 radical (unpaired) electrons. The van der Waals surface area contributed by atoms with Gasteiger partial charge in [0.25, 0.3) is 5.91 Å². The first-order chi connectivity index (χ1) is 22.5. The van der Waals surface area contributed by atoms with Gasteiger partial charge in [-0.15, -0.1) is 0 Å². The molecule has 5 amide bonds. The summed E-state index contributed by atoms with van der Waals surface area (Å²) < 4.78 is 0. The van der Waals surface area contributed by atoms with Crippen molar-refractivity contribution in [3.63, 3.8) is 0 Å². The standard InChI is InChI=1S/C36H52N6O5/c1-35(2)25-21-42(29(27(25)35)32(45)39-26(19-22-14-15-22)30(43)31(37)44)33(46)28(23-11-5-3-6-12-23)40-34(47)41-36(16-8-4-9-17-36)20-24-13-7-10-18-38-24/h7,10,13,18,22-23,25-29H,3-6,8-9,11-12,14-17,19-21H2,1-2H3,(H2,37,44)(H,39,45)(H2,40,41,47)/t25-,26?,27-,28-,29-/m0/s1. The highest BCUT2D eigenvalue weighted by Gasteiger charge is 2.69. The van der Waals surface area contributed by atoms with Crippen LogP contribution in [0.5, 0.6) is 0 Å². The van der Waals surface area contributed by atoms with Crippen LogP contribution in [0.2, 0.25) is 0 Å². The number of nitrogens with one attached hydrogen (secondary N) is 3. The summed E-state index contributed by atoms with van der Waals surface area (Å²) in [6, 6.07) is 2.94. The number of carbonyl (C=O) groups excluding carboxylic acids is 5. The minimum absolute atomic E-state index is 0.0344. The molecule has 5 fully saturated rings. The van der Waals surface area contributed by atoms with Gasteiger partial charge in [0.2, 0.25) is 17.6 Å². The van der Waals surface area contributed by atoms with Crippen molar-refractivity contribution in [2.75, 3.05) is 6.54 Å². The number of carbonyl (C=O) groups is 5. The first-order valence-electron chi connectivity index (χ1n) is 17.9. The number of fused-ring (bicyclic) bond motifs is 1. The predicted octanol–water partition coefficient (Wildman–Crippen LogP) is 3.40. The van der Waals surface area contributed by atoms with Gasteiger partial charge in [0, 0.05) is 30.4 Å². The van der Waals surface area contributed by atoms with E-state index in [0.717, 1.165) is 82.7 Å². The van der Waals surface area contributed by atoms with E-state index in [1.54, 1.807) is 11.1 Å². The molecular weight excluding hydrogens is 596 g/mol. The van der Waals surface area contributed by atoms with Crippen LogP contribution in [0.1, 0.15) is 103 Å². The molecule has 11 heteroatoms. The molecule has 0 spiro atoms. The van der Waals surface area contributed by atoms with E-state index in [2.05, 4.69) is 34.8 Å². The molecule has 1 aromatic heterocycles. The van der Waals surface area contributed by atoms with Crippen molar-refractivity contribution in [2.24, 2.45) is 34.8 Å². The van der Waals surface area contributed by atoms with Gasteiger partial charge in [-0.05, 0) is 73.3 Å². The zero-order chi connectivity index (χ0) is 33.3. The van der Waals surface area contributed by atoms with E-state index in [1.165, 1.54) is 0 Å². The van der Waals surface area contributed by atoms with Crippen molar-refractivity contribution in [1.29, 1.82) is 0 Å². The molecule has 1 unspecified atom stereocenters. The summed E-state index contributed by atoms with van der Waals surface area (Å²) >= 11 is 0. The molecule has 0 bridgehead atoms. The SMILES string of the molecule is CC1(C)[C@@H]2[C@@H](C(=O)NC(CC3CC3)C(=O)C(N)=O)N(C(=O)[C@@H](NC(=O)NC3(Cc4ccccn4)CCCCC3)C3CCCCC3)C[C@@H]21. The molecule has 256 valence electrons. The summed E-state index contributed by atoms with van der Waals surface area (Å²) in [7, 11) is 0. The van der Waals surface area contributed by atoms with E-state index >= 15 is 0 Å². The topological polar surface area (TPSA) is 164 Å². The Bertz CT molecular complexity index is 1350. The number of hydrogen-bond acceptors (Lipinski definition) is 6. The van der Waals surface area contributed by atoms with Crippen LogP contribution in [0, 0.1) is 29.1 Å². The fraction of sp³-hybridized carbons (Fsp3) is 0.722. The lowest BCUT2D eigenvalue weighted by Crippen LogP contribution is -2.62. The second-order valence-corrected chi connectivity index (χ2v) is 15.7. The third kappa shape index (κ3) is 7.33. The highest BCUT2D eigenvalue weighted by molar-refractivity contribution is 6.37. The number of nitrogens with zero attached hydrogens (tertiary/aromatic N) is 2. The van der Waals surface area contributed by atoms with E-state index in [9.17, 15) is 24.0 Å². The minimum Gasteiger partial charge on any atom is -0.363 e. The zero-order valence-corrected chi connectivity index (χ0v) is 28.0. The predicted molar refractivity (Wildman–Crippen MR) is 176 cm³/mol. The average molecular weight is 649 g/mol. The molecule has 11 nitrogen and oxygen atoms in total. The minimum atomic E-state index is -1.06. The largest absolute Gasteiger partial charge is 0.363 e. The van der Waals surface area contributed by atoms with Crippen LogP contribution in [0.3, 0.4) is 0 Å². The number of primary amides is 1. The van der Waals surface area contributed by atoms with Crippen LogP contribution in [0.15, 0.2) is 24.4 Å². The fourth-order valence-electron chi connectivity index (χ4n) is 9.03. The van der Waals surface area contributed by atoms with Crippen LogP contribution < -0.4 is 21.7 Å². The Hall–Kier alpha value is -3.50. The van der Waals surface area contributed by atoms with Gasteiger partial charge in [0.1, 0.15) is 12.1 Å². The van der Waals surface area contributed by atoms with Crippen LogP contribution in [-0.4, -0.2) is 69.6 Å². The van der Waals surface area contributed by atoms with E-state index in [0.29, 0.717) is 19.4 Å². The second kappa shape index (κ2) is 13.5. The third-order valence-corrected chi connectivity index (χ3v) is 12.0. The van der Waals surface area contributed by atoms with Crippen molar-refractivity contribution in [3.05, 3.63) is 30.1 Å². The maximum absolute atomic E-state index is 14.6. The van der Waals surface area contributed by atoms with E-state index < -0.39 is 41.3 Å². The van der Waals surface area contributed by atoms with Gasteiger partial charge >= 0.3 is 6.03 Å². The highest BCUT2D eigenvalue weighted by atomic mass is 16.2. The first-order valence-corrected chi connectivity index (χ1v) is 17.9. The molecule has 1 saturated heterocycles. The average Bonchev–Trinajstić information content (AvgIpc) is 3.91. The number of urea groups is 1. The van der Waals surface area contributed by atoms with Crippen molar-refractivity contribution in [3.8, 4) is 0 Å². The molecule has 4 aliphatic carbocycles. The number of amides is 5. The molecular formula is C36H52N6O5. The Morgan fingerprint density at radius 2 is 1.66 bits per heavy atom. The number of hydrogen-bond donors (Lipinski definition) is 4. The highest BCUT2D eigenvalue weighted by Crippen LogP contribution is 2.65. The second-order valence-electron chi connectivity index (χ2n) is 15.7. The van der Waals surface area contributed by atoms with Gasteiger partial charge in [-0.2, -0.15) is 0 Å². The summed E-state index contributed by atoms with van der Waals surface area (Å²) in [5.41, 5.74) is 5.70. The Kier molecular flexibility index (Phi) is 9.63. The number of pyridine rings is 1. The van der Waals surface area contributed by atoms with Gasteiger partial charge in [-0.1, -0.05) is 71.3 Å². The lowest BCUT2D eigenvalue weighted by atomic mass is 9.78. The summed E-state index contributed by atoms with van der Waals surface area (Å²) in [6.07, 6.45) is 14.2. The Balaban J connectivity index is 1.21. The maximum Gasteiger partial charge on any atom is 0.315 e. The van der Waals surface area contributed by atoms with Crippen molar-refractivity contribution >= 4 is 29.5 Å². The molecule has 4 saturated carbocycles. The van der Waals surface area contributed by atoms with Gasteiger partial charge in [0.15, 0.2) is 0 Å². The van der Waals surface area contributed by atoms with E-state index in [-0.39, 0.29) is 41.0 Å². The number of aromatic nitrogens is 1. The number of likely N-dealkylation sites (tertiary alicyclic amines) is 1. The summed E-state index contributed by atoms with van der Waals surface area (Å²) in [6.45, 7) is 4.63. The number of nitrogens with two attached hydrogens (primary N) is 1. The van der Waals surface area contributed by atoms with Crippen LogP contribution in [0.4, 0.5) is 4.79 Å². The quantitative estimate of drug-likeness (QED) is 0.254.